The minimum Gasteiger partial charge on any atom is -0.468 e. The van der Waals surface area contributed by atoms with Gasteiger partial charge in [-0.25, -0.2) is 4.98 Å². The van der Waals surface area contributed by atoms with Crippen molar-refractivity contribution < 1.29 is 14.3 Å². The molecule has 7 nitrogen and oxygen atoms in total. The molecule has 3 rings (SSSR count). The standard InChI is InChI=1S/C18H17N3O4S/c1-10-14-16(23)20-12(8-11-6-4-3-5-7-11)21-18(14)26-15(10)17(24)19-9-13(22)25-2/h3-7H,8-9H2,1-2H3,(H,19,24)(H,20,21,23). The first-order chi connectivity index (χ1) is 12.5. The minimum absolute atomic E-state index is 0.230. The largest absolute Gasteiger partial charge is 0.468 e. The second kappa shape index (κ2) is 7.49. The number of nitrogens with zero attached hydrogens (tertiary/aromatic N) is 1. The summed E-state index contributed by atoms with van der Waals surface area (Å²) in [6, 6.07) is 9.67. The Kier molecular flexibility index (Phi) is 5.13. The number of hydrogen-bond donors (Lipinski definition) is 2. The third kappa shape index (κ3) is 3.65. The van der Waals surface area contributed by atoms with E-state index in [0.717, 1.165) is 16.9 Å². The van der Waals surface area contributed by atoms with E-state index in [4.69, 9.17) is 0 Å². The molecule has 0 saturated heterocycles. The molecule has 0 saturated carbocycles. The topological polar surface area (TPSA) is 101 Å². The van der Waals surface area contributed by atoms with Gasteiger partial charge in [0.1, 0.15) is 17.2 Å². The van der Waals surface area contributed by atoms with Crippen LogP contribution in [0.15, 0.2) is 35.1 Å². The van der Waals surface area contributed by atoms with E-state index in [9.17, 15) is 14.4 Å². The zero-order valence-corrected chi connectivity index (χ0v) is 15.1. The summed E-state index contributed by atoms with van der Waals surface area (Å²) in [5, 5.41) is 2.88. The molecule has 0 radical (unpaired) electrons. The van der Waals surface area contributed by atoms with Gasteiger partial charge in [0, 0.05) is 6.42 Å². The van der Waals surface area contributed by atoms with Crippen molar-refractivity contribution in [3.63, 3.8) is 0 Å². The summed E-state index contributed by atoms with van der Waals surface area (Å²) in [6.07, 6.45) is 0.493. The number of benzene rings is 1. The number of aromatic amines is 1. The Morgan fingerprint density at radius 3 is 2.69 bits per heavy atom. The summed E-state index contributed by atoms with van der Waals surface area (Å²) in [4.78, 5) is 44.1. The fraction of sp³-hybridized carbons (Fsp3) is 0.222. The molecule has 26 heavy (non-hydrogen) atoms. The van der Waals surface area contributed by atoms with Gasteiger partial charge in [0.25, 0.3) is 11.5 Å². The number of H-pyrrole nitrogens is 1. The van der Waals surface area contributed by atoms with E-state index in [1.807, 2.05) is 30.3 Å². The van der Waals surface area contributed by atoms with Crippen LogP contribution >= 0.6 is 11.3 Å². The summed E-state index contributed by atoms with van der Waals surface area (Å²) in [5.41, 5.74) is 1.30. The average molecular weight is 371 g/mol. The predicted molar refractivity (Wildman–Crippen MR) is 98.6 cm³/mol. The normalized spacial score (nSPS) is 10.7. The lowest BCUT2D eigenvalue weighted by Gasteiger charge is -2.02. The van der Waals surface area contributed by atoms with E-state index in [0.29, 0.717) is 32.9 Å². The van der Waals surface area contributed by atoms with Gasteiger partial charge in [0.2, 0.25) is 0 Å². The van der Waals surface area contributed by atoms with Crippen molar-refractivity contribution in [1.82, 2.24) is 15.3 Å². The lowest BCUT2D eigenvalue weighted by molar-refractivity contribution is -0.139. The second-order valence-corrected chi connectivity index (χ2v) is 6.67. The molecule has 0 bridgehead atoms. The van der Waals surface area contributed by atoms with E-state index >= 15 is 0 Å². The van der Waals surface area contributed by atoms with Gasteiger partial charge in [-0.2, -0.15) is 0 Å². The number of carbonyl (C=O) groups excluding carboxylic acids is 2. The molecule has 2 heterocycles. The third-order valence-electron chi connectivity index (χ3n) is 3.89. The Bertz CT molecular complexity index is 1020. The summed E-state index contributed by atoms with van der Waals surface area (Å²) in [5.74, 6) is -0.436. The van der Waals surface area contributed by atoms with Crippen LogP contribution in [0.25, 0.3) is 10.2 Å². The van der Waals surface area contributed by atoms with E-state index in [1.54, 1.807) is 6.92 Å². The van der Waals surface area contributed by atoms with Gasteiger partial charge in [-0.15, -0.1) is 11.3 Å². The molecule has 0 aliphatic rings. The van der Waals surface area contributed by atoms with Gasteiger partial charge < -0.3 is 15.0 Å². The van der Waals surface area contributed by atoms with Crippen LogP contribution in [0.4, 0.5) is 0 Å². The predicted octanol–water partition coefficient (Wildman–Crippen LogP) is 1.79. The van der Waals surface area contributed by atoms with E-state index in [-0.39, 0.29) is 12.1 Å². The third-order valence-corrected chi connectivity index (χ3v) is 5.08. The first-order valence-electron chi connectivity index (χ1n) is 7.91. The monoisotopic (exact) mass is 371 g/mol. The maximum absolute atomic E-state index is 12.5. The fourth-order valence-corrected chi connectivity index (χ4v) is 3.70. The molecule has 2 N–H and O–H groups in total. The van der Waals surface area contributed by atoms with Crippen LogP contribution in [-0.2, 0) is 16.0 Å². The number of carbonyl (C=O) groups is 2. The molecule has 0 aliphatic carbocycles. The zero-order chi connectivity index (χ0) is 18.7. The highest BCUT2D eigenvalue weighted by atomic mass is 32.1. The van der Waals surface area contributed by atoms with Crippen molar-refractivity contribution in [3.05, 3.63) is 62.5 Å². The maximum atomic E-state index is 12.5. The van der Waals surface area contributed by atoms with Crippen LogP contribution in [0.1, 0.15) is 26.6 Å². The van der Waals surface area contributed by atoms with Gasteiger partial charge in [-0.05, 0) is 18.1 Å². The number of aromatic nitrogens is 2. The van der Waals surface area contributed by atoms with Crippen molar-refractivity contribution in [2.75, 3.05) is 13.7 Å². The summed E-state index contributed by atoms with van der Waals surface area (Å²) in [6.45, 7) is 1.46. The first kappa shape index (κ1) is 17.8. The number of methoxy groups -OCH3 is 1. The van der Waals surface area contributed by atoms with Gasteiger partial charge in [-0.1, -0.05) is 30.3 Å². The molecule has 1 aromatic carbocycles. The molecule has 0 spiro atoms. The molecule has 2 aromatic heterocycles. The van der Waals surface area contributed by atoms with E-state index in [2.05, 4.69) is 20.0 Å². The van der Waals surface area contributed by atoms with Crippen LogP contribution in [0.5, 0.6) is 0 Å². The Labute approximate surface area is 153 Å². The van der Waals surface area contributed by atoms with Crippen molar-refractivity contribution in [1.29, 1.82) is 0 Å². The quantitative estimate of drug-likeness (QED) is 0.666. The van der Waals surface area contributed by atoms with Crippen LogP contribution in [0.2, 0.25) is 0 Å². The molecule has 1 amide bonds. The smallest absolute Gasteiger partial charge is 0.325 e. The number of hydrogen-bond acceptors (Lipinski definition) is 6. The van der Waals surface area contributed by atoms with Crippen LogP contribution < -0.4 is 10.9 Å². The van der Waals surface area contributed by atoms with Crippen LogP contribution in [0.3, 0.4) is 0 Å². The molecular weight excluding hydrogens is 354 g/mol. The Morgan fingerprint density at radius 1 is 1.27 bits per heavy atom. The van der Waals surface area contributed by atoms with Gasteiger partial charge in [0.15, 0.2) is 0 Å². The minimum atomic E-state index is -0.543. The number of amides is 1. The molecule has 0 aliphatic heterocycles. The number of esters is 1. The SMILES string of the molecule is COC(=O)CNC(=O)c1sc2nc(Cc3ccccc3)[nH]c(=O)c2c1C. The van der Waals surface area contributed by atoms with Gasteiger partial charge in [-0.3, -0.25) is 14.4 Å². The lowest BCUT2D eigenvalue weighted by Crippen LogP contribution is -2.29. The highest BCUT2D eigenvalue weighted by Crippen LogP contribution is 2.27. The molecule has 0 unspecified atom stereocenters. The molecule has 0 fully saturated rings. The number of fused-ring (bicyclic) bond motifs is 1. The molecular formula is C18H17N3O4S. The Morgan fingerprint density at radius 2 is 2.00 bits per heavy atom. The fourth-order valence-electron chi connectivity index (χ4n) is 2.58. The molecule has 8 heteroatoms. The first-order valence-corrected chi connectivity index (χ1v) is 8.72. The zero-order valence-electron chi connectivity index (χ0n) is 14.3. The lowest BCUT2D eigenvalue weighted by atomic mass is 10.1. The number of aryl methyl sites for hydroxylation is 1. The molecule has 3 aromatic rings. The summed E-state index contributed by atoms with van der Waals surface area (Å²) < 4.78 is 4.50. The molecule has 134 valence electrons. The highest BCUT2D eigenvalue weighted by molar-refractivity contribution is 7.20. The number of thiophene rings is 1. The van der Waals surface area contributed by atoms with Crippen LogP contribution in [0, 0.1) is 6.92 Å². The Hall–Kier alpha value is -3.00. The number of ether oxygens (including phenoxy) is 1. The molecule has 0 atom stereocenters. The van der Waals surface area contributed by atoms with E-state index in [1.165, 1.54) is 7.11 Å². The second-order valence-electron chi connectivity index (χ2n) is 5.67. The van der Waals surface area contributed by atoms with Crippen LogP contribution in [-0.4, -0.2) is 35.5 Å². The van der Waals surface area contributed by atoms with Gasteiger partial charge in [0.05, 0.1) is 17.4 Å². The Balaban J connectivity index is 1.92. The number of rotatable bonds is 5. The summed E-state index contributed by atoms with van der Waals surface area (Å²) in [7, 11) is 1.25. The number of nitrogens with one attached hydrogen (secondary N) is 2. The van der Waals surface area contributed by atoms with Crippen molar-refractivity contribution >= 4 is 33.4 Å². The van der Waals surface area contributed by atoms with E-state index < -0.39 is 11.9 Å². The van der Waals surface area contributed by atoms with Crippen molar-refractivity contribution in [2.24, 2.45) is 0 Å². The van der Waals surface area contributed by atoms with Gasteiger partial charge >= 0.3 is 5.97 Å². The van der Waals surface area contributed by atoms with Crippen molar-refractivity contribution in [3.8, 4) is 0 Å². The average Bonchev–Trinajstić information content (AvgIpc) is 2.97. The maximum Gasteiger partial charge on any atom is 0.325 e. The highest BCUT2D eigenvalue weighted by Gasteiger charge is 2.19. The van der Waals surface area contributed by atoms with Crippen molar-refractivity contribution in [2.45, 2.75) is 13.3 Å². The summed E-state index contributed by atoms with van der Waals surface area (Å²) >= 11 is 1.13.